The van der Waals surface area contributed by atoms with Gasteiger partial charge in [-0.15, -0.1) is 10.2 Å². The molecule has 0 unspecified atom stereocenters. The van der Waals surface area contributed by atoms with Crippen molar-refractivity contribution in [2.24, 2.45) is 5.84 Å². The summed E-state index contributed by atoms with van der Waals surface area (Å²) in [7, 11) is 0. The zero-order chi connectivity index (χ0) is 7.56. The molecule has 1 aromatic heterocycles. The third kappa shape index (κ3) is 2.30. The number of nitrogens with two attached hydrogens (primary N) is 1. The largest absolute Gasteiger partial charge is 0.412 e. The van der Waals surface area contributed by atoms with E-state index in [1.54, 1.807) is 6.07 Å². The maximum Gasteiger partial charge on any atom is 0.162 e. The molecule has 0 spiro atoms. The summed E-state index contributed by atoms with van der Waals surface area (Å²) in [6.07, 6.45) is 0. The molecular weight excluding hydrogens is 168 g/mol. The van der Waals surface area contributed by atoms with Gasteiger partial charge in [-0.05, 0) is 18.6 Å². The number of hydrazine groups is 1. The maximum absolute atomic E-state index is 5.60. The van der Waals surface area contributed by atoms with Gasteiger partial charge in [0.25, 0.3) is 0 Å². The van der Waals surface area contributed by atoms with Crippen molar-refractivity contribution in [3.63, 3.8) is 0 Å². The van der Waals surface area contributed by atoms with Crippen LogP contribution in [0.3, 0.4) is 0 Å². The van der Waals surface area contributed by atoms with Gasteiger partial charge in [-0.25, -0.2) is 5.84 Å². The van der Waals surface area contributed by atoms with Crippen molar-refractivity contribution in [1.29, 1.82) is 0 Å². The molecule has 1 heterocycles. The van der Waals surface area contributed by atoms with Crippen molar-refractivity contribution in [3.8, 4) is 0 Å². The number of rotatable bonds is 1. The number of aromatic nitrogens is 2. The molecule has 5 nitrogen and oxygen atoms in total. The van der Waals surface area contributed by atoms with Crippen molar-refractivity contribution < 1.29 is 5.48 Å². The maximum atomic E-state index is 5.60. The molecule has 0 aliphatic carbocycles. The van der Waals surface area contributed by atoms with Gasteiger partial charge in [0.1, 0.15) is 0 Å². The Morgan fingerprint density at radius 2 is 2.18 bits per heavy atom. The van der Waals surface area contributed by atoms with Gasteiger partial charge in [0.05, 0.1) is 0 Å². The highest BCUT2D eigenvalue weighted by molar-refractivity contribution is 6.30. The normalized spacial score (nSPS) is 8.64. The molecule has 62 valence electrons. The Morgan fingerprint density at radius 1 is 1.55 bits per heavy atom. The number of halogens is 1. The van der Waals surface area contributed by atoms with Crippen LogP contribution >= 0.6 is 11.6 Å². The summed E-state index contributed by atoms with van der Waals surface area (Å²) in [6.45, 7) is 1.83. The molecule has 6 heteroatoms. The third-order valence-electron chi connectivity index (χ3n) is 1.07. The van der Waals surface area contributed by atoms with Crippen molar-refractivity contribution >= 4 is 17.4 Å². The summed E-state index contributed by atoms with van der Waals surface area (Å²) in [5.41, 5.74) is 3.21. The Morgan fingerprint density at radius 3 is 2.64 bits per heavy atom. The van der Waals surface area contributed by atoms with E-state index >= 15 is 0 Å². The Labute approximate surface area is 68.8 Å². The summed E-state index contributed by atoms with van der Waals surface area (Å²) in [6, 6.07) is 1.72. The van der Waals surface area contributed by atoms with Gasteiger partial charge in [0.2, 0.25) is 0 Å². The van der Waals surface area contributed by atoms with Gasteiger partial charge in [-0.2, -0.15) is 0 Å². The minimum absolute atomic E-state index is 0. The SMILES string of the molecule is Cc1cc(NN)nnc1Cl.O. The standard InChI is InChI=1S/C5H7ClN4.H2O/c1-3-2-4(8-7)9-10-5(3)6;/h2H,7H2,1H3,(H,8,9);1H2. The van der Waals surface area contributed by atoms with Crippen molar-refractivity contribution in [1.82, 2.24) is 10.2 Å². The van der Waals surface area contributed by atoms with Crippen LogP contribution in [0.2, 0.25) is 5.15 Å². The molecular formula is C5H9ClN4O. The van der Waals surface area contributed by atoms with E-state index in [1.165, 1.54) is 0 Å². The predicted octanol–water partition coefficient (Wildman–Crippen LogP) is -0.101. The van der Waals surface area contributed by atoms with E-state index in [9.17, 15) is 0 Å². The van der Waals surface area contributed by atoms with Crippen LogP contribution in [-0.2, 0) is 0 Å². The highest BCUT2D eigenvalue weighted by Crippen LogP contribution is 2.11. The molecule has 0 amide bonds. The molecule has 0 fully saturated rings. The average molecular weight is 177 g/mol. The monoisotopic (exact) mass is 176 g/mol. The van der Waals surface area contributed by atoms with Crippen LogP contribution in [-0.4, -0.2) is 15.7 Å². The van der Waals surface area contributed by atoms with Crippen molar-refractivity contribution in [3.05, 3.63) is 16.8 Å². The average Bonchev–Trinajstić information content (AvgIpc) is 1.95. The molecule has 0 atom stereocenters. The first-order valence-electron chi connectivity index (χ1n) is 2.70. The number of nitrogens with zero attached hydrogens (tertiary/aromatic N) is 2. The smallest absolute Gasteiger partial charge is 0.162 e. The Bertz CT molecular complexity index is 242. The lowest BCUT2D eigenvalue weighted by atomic mass is 10.3. The summed E-state index contributed by atoms with van der Waals surface area (Å²) < 4.78 is 0. The summed E-state index contributed by atoms with van der Waals surface area (Å²) in [5, 5.41) is 7.66. The van der Waals surface area contributed by atoms with E-state index in [1.807, 2.05) is 6.92 Å². The first kappa shape index (κ1) is 10.1. The molecule has 11 heavy (non-hydrogen) atoms. The fourth-order valence-electron chi connectivity index (χ4n) is 0.541. The number of nitrogen functional groups attached to an aromatic ring is 1. The fourth-order valence-corrected chi connectivity index (χ4v) is 0.633. The molecule has 0 aliphatic rings. The minimum Gasteiger partial charge on any atom is -0.412 e. The van der Waals surface area contributed by atoms with Crippen molar-refractivity contribution in [2.75, 3.05) is 5.43 Å². The van der Waals surface area contributed by atoms with Crippen LogP contribution < -0.4 is 11.3 Å². The number of aryl methyl sites for hydroxylation is 1. The van der Waals surface area contributed by atoms with Gasteiger partial charge in [-0.1, -0.05) is 11.6 Å². The van der Waals surface area contributed by atoms with Crippen molar-refractivity contribution in [2.45, 2.75) is 6.92 Å². The zero-order valence-electron chi connectivity index (χ0n) is 5.93. The van der Waals surface area contributed by atoms with E-state index in [-0.39, 0.29) is 5.48 Å². The van der Waals surface area contributed by atoms with E-state index in [0.717, 1.165) is 5.56 Å². The van der Waals surface area contributed by atoms with E-state index < -0.39 is 0 Å². The predicted molar refractivity (Wildman–Crippen MR) is 43.2 cm³/mol. The number of nitrogens with one attached hydrogen (secondary N) is 1. The van der Waals surface area contributed by atoms with E-state index in [4.69, 9.17) is 17.4 Å². The molecule has 1 rings (SSSR count). The van der Waals surface area contributed by atoms with E-state index in [2.05, 4.69) is 15.6 Å². The highest BCUT2D eigenvalue weighted by Gasteiger charge is 1.97. The summed E-state index contributed by atoms with van der Waals surface area (Å²) >= 11 is 5.60. The van der Waals surface area contributed by atoms with Crippen LogP contribution in [0.1, 0.15) is 5.56 Å². The van der Waals surface area contributed by atoms with Gasteiger partial charge in [-0.3, -0.25) is 0 Å². The van der Waals surface area contributed by atoms with Gasteiger partial charge >= 0.3 is 0 Å². The quantitative estimate of drug-likeness (QED) is 0.461. The third-order valence-corrected chi connectivity index (χ3v) is 1.45. The van der Waals surface area contributed by atoms with Crippen LogP contribution in [0, 0.1) is 6.92 Å². The topological polar surface area (TPSA) is 95.3 Å². The van der Waals surface area contributed by atoms with Gasteiger partial charge < -0.3 is 10.9 Å². The van der Waals surface area contributed by atoms with Crippen LogP contribution in [0.5, 0.6) is 0 Å². The second-order valence-electron chi connectivity index (χ2n) is 1.85. The first-order valence-corrected chi connectivity index (χ1v) is 3.08. The van der Waals surface area contributed by atoms with Crippen LogP contribution in [0.15, 0.2) is 6.07 Å². The first-order chi connectivity index (χ1) is 4.74. The molecule has 0 aliphatic heterocycles. The van der Waals surface area contributed by atoms with E-state index in [0.29, 0.717) is 11.0 Å². The minimum atomic E-state index is 0. The number of anilines is 1. The Hall–Kier alpha value is -0.910. The Kier molecular flexibility index (Phi) is 3.73. The molecule has 1 aromatic rings. The Balaban J connectivity index is 0.000001000. The zero-order valence-corrected chi connectivity index (χ0v) is 6.68. The van der Waals surface area contributed by atoms with Gasteiger partial charge in [0.15, 0.2) is 11.0 Å². The summed E-state index contributed by atoms with van der Waals surface area (Å²) in [4.78, 5) is 0. The number of hydrogen-bond donors (Lipinski definition) is 2. The molecule has 0 bridgehead atoms. The molecule has 0 saturated heterocycles. The lowest BCUT2D eigenvalue weighted by Gasteiger charge is -1.98. The lowest BCUT2D eigenvalue weighted by molar-refractivity contribution is 0.824. The molecule has 0 radical (unpaired) electrons. The molecule has 0 saturated carbocycles. The lowest BCUT2D eigenvalue weighted by Crippen LogP contribution is -2.09. The summed E-state index contributed by atoms with van der Waals surface area (Å²) in [5.74, 6) is 5.59. The van der Waals surface area contributed by atoms with Crippen LogP contribution in [0.25, 0.3) is 0 Å². The fraction of sp³-hybridized carbons (Fsp3) is 0.200. The van der Waals surface area contributed by atoms with Crippen LogP contribution in [0.4, 0.5) is 5.82 Å². The molecule has 5 N–H and O–H groups in total. The number of hydrogen-bond acceptors (Lipinski definition) is 4. The van der Waals surface area contributed by atoms with Gasteiger partial charge in [0, 0.05) is 0 Å². The second-order valence-corrected chi connectivity index (χ2v) is 2.21. The highest BCUT2D eigenvalue weighted by atomic mass is 35.5. The second kappa shape index (κ2) is 4.07. The molecule has 0 aromatic carbocycles.